The van der Waals surface area contributed by atoms with E-state index in [1.807, 2.05) is 6.07 Å². The van der Waals surface area contributed by atoms with Crippen molar-refractivity contribution < 1.29 is 0 Å². The molecule has 1 rings (SSSR count). The molecule has 2 N–H and O–H groups in total. The highest BCUT2D eigenvalue weighted by molar-refractivity contribution is 7.05. The van der Waals surface area contributed by atoms with Crippen LogP contribution in [0.3, 0.4) is 0 Å². The van der Waals surface area contributed by atoms with Gasteiger partial charge in [0.1, 0.15) is 0 Å². The van der Waals surface area contributed by atoms with Crippen LogP contribution in [0.2, 0.25) is 0 Å². The fraction of sp³-hybridized carbons (Fsp3) is 0.571. The van der Waals surface area contributed by atoms with Gasteiger partial charge in [-0.05, 0) is 23.5 Å². The second-order valence-electron chi connectivity index (χ2n) is 2.68. The zero-order chi connectivity index (χ0) is 7.56. The van der Waals surface area contributed by atoms with Crippen LogP contribution in [-0.4, -0.2) is 4.37 Å². The molecule has 0 fully saturated rings. The molecule has 0 radical (unpaired) electrons. The van der Waals surface area contributed by atoms with Crippen molar-refractivity contribution in [1.29, 1.82) is 0 Å². The van der Waals surface area contributed by atoms with E-state index in [1.54, 1.807) is 6.20 Å². The fourth-order valence-electron chi connectivity index (χ4n) is 0.726. The van der Waals surface area contributed by atoms with Gasteiger partial charge >= 0.3 is 0 Å². The maximum atomic E-state index is 5.85. The van der Waals surface area contributed by atoms with Gasteiger partial charge in [0.2, 0.25) is 0 Å². The Morgan fingerprint density at radius 1 is 1.60 bits per heavy atom. The fourth-order valence-corrected chi connectivity index (χ4v) is 1.49. The van der Waals surface area contributed by atoms with Gasteiger partial charge in [-0.1, -0.05) is 13.8 Å². The van der Waals surface area contributed by atoms with E-state index < -0.39 is 0 Å². The summed E-state index contributed by atoms with van der Waals surface area (Å²) in [6.45, 7) is 4.23. The highest BCUT2D eigenvalue weighted by Crippen LogP contribution is 2.20. The lowest BCUT2D eigenvalue weighted by Gasteiger charge is -2.11. The summed E-state index contributed by atoms with van der Waals surface area (Å²) in [6, 6.07) is 2.14. The molecule has 0 bridgehead atoms. The van der Waals surface area contributed by atoms with Gasteiger partial charge < -0.3 is 5.73 Å². The van der Waals surface area contributed by atoms with Crippen molar-refractivity contribution in [3.8, 4) is 0 Å². The normalized spacial score (nSPS) is 14.0. The van der Waals surface area contributed by atoms with E-state index >= 15 is 0 Å². The lowest BCUT2D eigenvalue weighted by atomic mass is 10.0. The van der Waals surface area contributed by atoms with Crippen LogP contribution in [-0.2, 0) is 0 Å². The Hall–Kier alpha value is -0.410. The minimum atomic E-state index is 0.160. The molecule has 2 nitrogen and oxygen atoms in total. The summed E-state index contributed by atoms with van der Waals surface area (Å²) in [5.41, 5.74) is 5.85. The minimum Gasteiger partial charge on any atom is -0.323 e. The van der Waals surface area contributed by atoms with Gasteiger partial charge in [0, 0.05) is 17.1 Å². The summed E-state index contributed by atoms with van der Waals surface area (Å²) in [7, 11) is 0. The van der Waals surface area contributed by atoms with Gasteiger partial charge in [-0.25, -0.2) is 4.37 Å². The SMILES string of the molecule is CC(C)C(N)c1ccns1. The maximum Gasteiger partial charge on any atom is 0.0429 e. The van der Waals surface area contributed by atoms with Crippen LogP contribution in [0.4, 0.5) is 0 Å². The van der Waals surface area contributed by atoms with E-state index in [9.17, 15) is 0 Å². The molecular formula is C7H12N2S. The molecule has 10 heavy (non-hydrogen) atoms. The average molecular weight is 156 g/mol. The number of hydrogen-bond acceptors (Lipinski definition) is 3. The molecule has 0 aliphatic heterocycles. The van der Waals surface area contributed by atoms with Crippen LogP contribution in [0.25, 0.3) is 0 Å². The molecule has 56 valence electrons. The third-order valence-corrected chi connectivity index (χ3v) is 2.35. The Labute approximate surface area is 65.2 Å². The van der Waals surface area contributed by atoms with E-state index in [0.717, 1.165) is 0 Å². The first kappa shape index (κ1) is 7.69. The lowest BCUT2D eigenvalue weighted by Crippen LogP contribution is -2.14. The Morgan fingerprint density at radius 3 is 2.70 bits per heavy atom. The predicted octanol–water partition coefficient (Wildman–Crippen LogP) is 1.80. The summed E-state index contributed by atoms with van der Waals surface area (Å²) >= 11 is 1.48. The molecule has 0 aromatic carbocycles. The zero-order valence-electron chi connectivity index (χ0n) is 6.24. The van der Waals surface area contributed by atoms with E-state index in [0.29, 0.717) is 5.92 Å². The third kappa shape index (κ3) is 1.55. The van der Waals surface area contributed by atoms with E-state index in [2.05, 4.69) is 18.2 Å². The Balaban J connectivity index is 2.68. The Morgan fingerprint density at radius 2 is 2.30 bits per heavy atom. The molecule has 0 saturated heterocycles. The summed E-state index contributed by atoms with van der Waals surface area (Å²) in [4.78, 5) is 1.18. The standard InChI is InChI=1S/C7H12N2S/c1-5(2)7(8)6-3-4-9-10-6/h3-5,7H,8H2,1-2H3. The van der Waals surface area contributed by atoms with Crippen LogP contribution < -0.4 is 5.73 Å². The molecule has 1 aromatic heterocycles. The first-order valence-electron chi connectivity index (χ1n) is 3.38. The average Bonchev–Trinajstić information content (AvgIpc) is 2.36. The van der Waals surface area contributed by atoms with Crippen LogP contribution in [0.5, 0.6) is 0 Å². The third-order valence-electron chi connectivity index (χ3n) is 1.50. The van der Waals surface area contributed by atoms with Crippen LogP contribution in [0.15, 0.2) is 12.3 Å². The highest BCUT2D eigenvalue weighted by Gasteiger charge is 2.10. The molecule has 0 spiro atoms. The molecule has 0 amide bonds. The van der Waals surface area contributed by atoms with Crippen molar-refractivity contribution in [2.45, 2.75) is 19.9 Å². The van der Waals surface area contributed by atoms with Crippen molar-refractivity contribution in [2.75, 3.05) is 0 Å². The number of aromatic nitrogens is 1. The van der Waals surface area contributed by atoms with E-state index in [4.69, 9.17) is 5.73 Å². The van der Waals surface area contributed by atoms with E-state index in [1.165, 1.54) is 16.4 Å². The topological polar surface area (TPSA) is 38.9 Å². The van der Waals surface area contributed by atoms with Gasteiger partial charge in [0.05, 0.1) is 0 Å². The van der Waals surface area contributed by atoms with E-state index in [-0.39, 0.29) is 6.04 Å². The van der Waals surface area contributed by atoms with Gasteiger partial charge in [-0.3, -0.25) is 0 Å². The number of rotatable bonds is 2. The molecule has 3 heteroatoms. The summed E-state index contributed by atoms with van der Waals surface area (Å²) in [5.74, 6) is 0.500. The lowest BCUT2D eigenvalue weighted by molar-refractivity contribution is 0.521. The quantitative estimate of drug-likeness (QED) is 0.709. The summed E-state index contributed by atoms with van der Waals surface area (Å²) in [5, 5.41) is 0. The molecule has 0 saturated carbocycles. The first-order chi connectivity index (χ1) is 4.72. The van der Waals surface area contributed by atoms with Crippen LogP contribution in [0.1, 0.15) is 24.8 Å². The zero-order valence-corrected chi connectivity index (χ0v) is 7.06. The molecule has 1 atom stereocenters. The predicted molar refractivity (Wildman–Crippen MR) is 43.9 cm³/mol. The Kier molecular flexibility index (Phi) is 2.40. The Bertz CT molecular complexity index is 181. The monoisotopic (exact) mass is 156 g/mol. The highest BCUT2D eigenvalue weighted by atomic mass is 32.1. The van der Waals surface area contributed by atoms with Gasteiger partial charge in [0.25, 0.3) is 0 Å². The second kappa shape index (κ2) is 3.12. The smallest absolute Gasteiger partial charge is 0.0429 e. The molecule has 0 aliphatic rings. The molecule has 0 aliphatic carbocycles. The maximum absolute atomic E-state index is 5.85. The molecule has 1 heterocycles. The van der Waals surface area contributed by atoms with Crippen molar-refractivity contribution in [3.63, 3.8) is 0 Å². The first-order valence-corrected chi connectivity index (χ1v) is 4.15. The molecule has 1 unspecified atom stereocenters. The van der Waals surface area contributed by atoms with Gasteiger partial charge in [0.15, 0.2) is 0 Å². The second-order valence-corrected chi connectivity index (χ2v) is 3.55. The van der Waals surface area contributed by atoms with Gasteiger partial charge in [-0.15, -0.1) is 0 Å². The van der Waals surface area contributed by atoms with Crippen molar-refractivity contribution in [2.24, 2.45) is 11.7 Å². The minimum absolute atomic E-state index is 0.160. The van der Waals surface area contributed by atoms with Crippen molar-refractivity contribution in [1.82, 2.24) is 4.37 Å². The number of nitrogens with two attached hydrogens (primary N) is 1. The summed E-state index contributed by atoms with van der Waals surface area (Å²) < 4.78 is 3.99. The summed E-state index contributed by atoms with van der Waals surface area (Å²) in [6.07, 6.45) is 1.79. The van der Waals surface area contributed by atoms with Crippen LogP contribution >= 0.6 is 11.5 Å². The van der Waals surface area contributed by atoms with Crippen molar-refractivity contribution in [3.05, 3.63) is 17.1 Å². The molecule has 1 aromatic rings. The number of hydrogen-bond donors (Lipinski definition) is 1. The van der Waals surface area contributed by atoms with Crippen molar-refractivity contribution >= 4 is 11.5 Å². The molecular weight excluding hydrogens is 144 g/mol. The largest absolute Gasteiger partial charge is 0.323 e. The van der Waals surface area contributed by atoms with Gasteiger partial charge in [-0.2, -0.15) is 0 Å². The number of nitrogens with zero attached hydrogens (tertiary/aromatic N) is 1. The van der Waals surface area contributed by atoms with Crippen LogP contribution in [0, 0.1) is 5.92 Å².